The van der Waals surface area contributed by atoms with Crippen LogP contribution in [0.25, 0.3) is 0 Å². The first kappa shape index (κ1) is 13.4. The molecule has 0 aliphatic rings. The second-order valence-corrected chi connectivity index (χ2v) is 4.01. The molecule has 1 heterocycles. The molecule has 0 aliphatic carbocycles. The summed E-state index contributed by atoms with van der Waals surface area (Å²) < 4.78 is 5.32. The molecule has 1 aromatic heterocycles. The zero-order chi connectivity index (χ0) is 12.9. The summed E-state index contributed by atoms with van der Waals surface area (Å²) in [5, 5.41) is 2.74. The summed E-state index contributed by atoms with van der Waals surface area (Å²) in [6, 6.07) is 3.47. The number of aromatic nitrogens is 1. The summed E-state index contributed by atoms with van der Waals surface area (Å²) in [6.45, 7) is 5.91. The molecule has 0 radical (unpaired) electrons. The van der Waals surface area contributed by atoms with Gasteiger partial charge in [0.05, 0.1) is 12.1 Å². The molecule has 5 nitrogen and oxygen atoms in total. The Balaban J connectivity index is 2.84. The zero-order valence-electron chi connectivity index (χ0n) is 10.5. The van der Waals surface area contributed by atoms with Gasteiger partial charge in [-0.25, -0.2) is 4.98 Å². The number of rotatable bonds is 5. The van der Waals surface area contributed by atoms with Crippen molar-refractivity contribution in [1.29, 1.82) is 0 Å². The molecular weight excluding hydrogens is 218 g/mol. The predicted molar refractivity (Wildman–Crippen MR) is 66.9 cm³/mol. The molecule has 5 heteroatoms. The van der Waals surface area contributed by atoms with E-state index in [0.717, 1.165) is 0 Å². The number of carbonyl (C=O) groups excluding carboxylic acids is 1. The quantitative estimate of drug-likeness (QED) is 0.814. The lowest BCUT2D eigenvalue weighted by atomic mass is 9.99. The summed E-state index contributed by atoms with van der Waals surface area (Å²) >= 11 is 0. The highest BCUT2D eigenvalue weighted by Gasteiger charge is 2.26. The molecule has 17 heavy (non-hydrogen) atoms. The normalized spacial score (nSPS) is 13.9. The van der Waals surface area contributed by atoms with Crippen LogP contribution in [0.15, 0.2) is 18.3 Å². The smallest absolute Gasteiger partial charge is 0.244 e. The highest BCUT2D eigenvalue weighted by molar-refractivity contribution is 5.98. The predicted octanol–water partition coefficient (Wildman–Crippen LogP) is 1.55. The Morgan fingerprint density at radius 3 is 2.88 bits per heavy atom. The number of hydrogen-bond acceptors (Lipinski definition) is 4. The highest BCUT2D eigenvalue weighted by Crippen LogP contribution is 2.21. The van der Waals surface area contributed by atoms with Gasteiger partial charge in [-0.1, -0.05) is 6.92 Å². The fraction of sp³-hybridized carbons (Fsp3) is 0.500. The number of ether oxygens (including phenoxy) is 1. The van der Waals surface area contributed by atoms with Gasteiger partial charge < -0.3 is 15.8 Å². The number of carbonyl (C=O) groups is 1. The lowest BCUT2D eigenvalue weighted by Gasteiger charge is -2.22. The first-order valence-corrected chi connectivity index (χ1v) is 5.69. The van der Waals surface area contributed by atoms with Crippen molar-refractivity contribution >= 4 is 11.6 Å². The minimum Gasteiger partial charge on any atom is -0.476 e. The van der Waals surface area contributed by atoms with Crippen molar-refractivity contribution in [2.45, 2.75) is 32.7 Å². The Labute approximate surface area is 101 Å². The molecule has 0 saturated carbocycles. The van der Waals surface area contributed by atoms with Crippen molar-refractivity contribution in [3.8, 4) is 5.88 Å². The number of nitrogens with two attached hydrogens (primary N) is 1. The summed E-state index contributed by atoms with van der Waals surface area (Å²) in [7, 11) is 0. The van der Waals surface area contributed by atoms with E-state index in [4.69, 9.17) is 10.5 Å². The number of nitrogens with zero attached hydrogens (tertiary/aromatic N) is 1. The second kappa shape index (κ2) is 5.63. The molecule has 1 unspecified atom stereocenters. The van der Waals surface area contributed by atoms with E-state index in [1.165, 1.54) is 0 Å². The number of hydrogen-bond donors (Lipinski definition) is 2. The number of nitrogens with one attached hydrogen (secondary N) is 1. The molecule has 0 aliphatic heterocycles. The lowest BCUT2D eigenvalue weighted by Crippen LogP contribution is -2.47. The highest BCUT2D eigenvalue weighted by atomic mass is 16.5. The average molecular weight is 237 g/mol. The molecule has 1 amide bonds. The van der Waals surface area contributed by atoms with Crippen LogP contribution in [-0.2, 0) is 4.79 Å². The van der Waals surface area contributed by atoms with Crippen LogP contribution in [0.1, 0.15) is 27.2 Å². The van der Waals surface area contributed by atoms with Crippen LogP contribution >= 0.6 is 0 Å². The Morgan fingerprint density at radius 1 is 1.59 bits per heavy atom. The van der Waals surface area contributed by atoms with E-state index in [1.54, 1.807) is 25.3 Å². The third-order valence-electron chi connectivity index (χ3n) is 2.55. The fourth-order valence-electron chi connectivity index (χ4n) is 1.16. The Bertz CT molecular complexity index is 391. The van der Waals surface area contributed by atoms with Crippen LogP contribution in [0, 0.1) is 0 Å². The van der Waals surface area contributed by atoms with Crippen LogP contribution < -0.4 is 15.8 Å². The van der Waals surface area contributed by atoms with Crippen LogP contribution in [0.3, 0.4) is 0 Å². The Hall–Kier alpha value is -1.62. The largest absolute Gasteiger partial charge is 0.476 e. The summed E-state index contributed by atoms with van der Waals surface area (Å²) in [5.74, 6) is 0.171. The third kappa shape index (κ3) is 3.42. The van der Waals surface area contributed by atoms with Crippen molar-refractivity contribution in [2.75, 3.05) is 11.9 Å². The molecule has 0 saturated heterocycles. The maximum absolute atomic E-state index is 11.9. The van der Waals surface area contributed by atoms with Gasteiger partial charge in [0.2, 0.25) is 11.8 Å². The summed E-state index contributed by atoms with van der Waals surface area (Å²) in [5.41, 5.74) is 5.51. The molecule has 0 fully saturated rings. The number of anilines is 1. The Morgan fingerprint density at radius 2 is 2.29 bits per heavy atom. The molecule has 1 atom stereocenters. The Kier molecular flexibility index (Phi) is 4.45. The summed E-state index contributed by atoms with van der Waals surface area (Å²) in [6.07, 6.45) is 2.17. The van der Waals surface area contributed by atoms with E-state index in [0.29, 0.717) is 24.6 Å². The van der Waals surface area contributed by atoms with Gasteiger partial charge in [0.15, 0.2) is 0 Å². The summed E-state index contributed by atoms with van der Waals surface area (Å²) in [4.78, 5) is 16.0. The van der Waals surface area contributed by atoms with Crippen molar-refractivity contribution in [3.05, 3.63) is 18.3 Å². The van der Waals surface area contributed by atoms with Gasteiger partial charge in [-0.3, -0.25) is 4.79 Å². The maximum Gasteiger partial charge on any atom is 0.244 e. The van der Waals surface area contributed by atoms with E-state index in [9.17, 15) is 4.79 Å². The minimum atomic E-state index is -0.890. The molecule has 0 aromatic carbocycles. The maximum atomic E-state index is 11.9. The van der Waals surface area contributed by atoms with E-state index < -0.39 is 5.54 Å². The van der Waals surface area contributed by atoms with Crippen molar-refractivity contribution in [2.24, 2.45) is 5.73 Å². The van der Waals surface area contributed by atoms with Crippen LogP contribution in [0.2, 0.25) is 0 Å². The van der Waals surface area contributed by atoms with Crippen LogP contribution in [0.5, 0.6) is 5.88 Å². The SMILES string of the molecule is CCOc1ncccc1NC(=O)C(C)(N)CC. The average Bonchev–Trinajstić information content (AvgIpc) is 2.32. The van der Waals surface area contributed by atoms with Gasteiger partial charge in [0.1, 0.15) is 5.69 Å². The lowest BCUT2D eigenvalue weighted by molar-refractivity contribution is -0.120. The minimum absolute atomic E-state index is 0.242. The van der Waals surface area contributed by atoms with Crippen LogP contribution in [0.4, 0.5) is 5.69 Å². The molecule has 1 rings (SSSR count). The van der Waals surface area contributed by atoms with Gasteiger partial charge in [-0.2, -0.15) is 0 Å². The standard InChI is InChI=1S/C12H19N3O2/c1-4-12(3,13)11(16)15-9-7-6-8-14-10(9)17-5-2/h6-8H,4-5,13H2,1-3H3,(H,15,16). The molecule has 3 N–H and O–H groups in total. The first-order valence-electron chi connectivity index (χ1n) is 5.69. The van der Waals surface area contributed by atoms with Crippen molar-refractivity contribution < 1.29 is 9.53 Å². The van der Waals surface area contributed by atoms with Gasteiger partial charge >= 0.3 is 0 Å². The number of pyridine rings is 1. The third-order valence-corrected chi connectivity index (χ3v) is 2.55. The van der Waals surface area contributed by atoms with Crippen LogP contribution in [-0.4, -0.2) is 23.0 Å². The van der Waals surface area contributed by atoms with Gasteiger partial charge in [0, 0.05) is 6.20 Å². The van der Waals surface area contributed by atoms with Crippen molar-refractivity contribution in [3.63, 3.8) is 0 Å². The zero-order valence-corrected chi connectivity index (χ0v) is 10.5. The topological polar surface area (TPSA) is 77.2 Å². The van der Waals surface area contributed by atoms with Crippen molar-refractivity contribution in [1.82, 2.24) is 4.98 Å². The van der Waals surface area contributed by atoms with E-state index in [-0.39, 0.29) is 5.91 Å². The molecule has 94 valence electrons. The molecule has 0 spiro atoms. The van der Waals surface area contributed by atoms with Gasteiger partial charge in [-0.15, -0.1) is 0 Å². The second-order valence-electron chi connectivity index (χ2n) is 4.01. The molecule has 0 bridgehead atoms. The molecular formula is C12H19N3O2. The van der Waals surface area contributed by atoms with E-state index in [2.05, 4.69) is 10.3 Å². The fourth-order valence-corrected chi connectivity index (χ4v) is 1.16. The monoisotopic (exact) mass is 237 g/mol. The number of amides is 1. The van der Waals surface area contributed by atoms with E-state index >= 15 is 0 Å². The molecule has 1 aromatic rings. The van der Waals surface area contributed by atoms with Gasteiger partial charge in [0.25, 0.3) is 0 Å². The first-order chi connectivity index (χ1) is 8.01. The van der Waals surface area contributed by atoms with Gasteiger partial charge in [-0.05, 0) is 32.4 Å². The van der Waals surface area contributed by atoms with E-state index in [1.807, 2.05) is 13.8 Å².